The van der Waals surface area contributed by atoms with Crippen LogP contribution in [0.15, 0.2) is 63.9 Å². The zero-order valence-electron chi connectivity index (χ0n) is 14.3. The molecule has 0 aliphatic carbocycles. The lowest BCUT2D eigenvalue weighted by Gasteiger charge is -2.02. The highest BCUT2D eigenvalue weighted by Crippen LogP contribution is 2.25. The van der Waals surface area contributed by atoms with Crippen molar-refractivity contribution in [3.63, 3.8) is 0 Å². The number of para-hydroxylation sites is 1. The molecule has 7 heteroatoms. The predicted molar refractivity (Wildman–Crippen MR) is 112 cm³/mol. The highest BCUT2D eigenvalue weighted by molar-refractivity contribution is 9.10. The monoisotopic (exact) mass is 439 g/mol. The average Bonchev–Trinajstić information content (AvgIpc) is 3.22. The van der Waals surface area contributed by atoms with Crippen LogP contribution in [-0.2, 0) is 0 Å². The van der Waals surface area contributed by atoms with Crippen LogP contribution in [0.1, 0.15) is 5.56 Å². The Morgan fingerprint density at radius 1 is 1.15 bits per heavy atom. The van der Waals surface area contributed by atoms with Crippen molar-refractivity contribution in [3.8, 4) is 17.1 Å². The summed E-state index contributed by atoms with van der Waals surface area (Å²) < 4.78 is 8.14. The molecule has 4 aromatic rings. The lowest BCUT2D eigenvalue weighted by atomic mass is 10.2. The van der Waals surface area contributed by atoms with E-state index in [1.165, 1.54) is 15.9 Å². The van der Waals surface area contributed by atoms with Gasteiger partial charge in [-0.05, 0) is 24.3 Å². The standard InChI is InChI=1S/C20H14BrN3O2S/c1-26-16-11-5-2-7-13(16)8-6-12-17-19(25)24-20(27-17)22-18(23-24)14-9-3-4-10-15(14)21/h2-12H,1H3/b8-6+,17-12-. The quantitative estimate of drug-likeness (QED) is 0.485. The van der Waals surface area contributed by atoms with Crippen molar-refractivity contribution in [3.05, 3.63) is 79.5 Å². The first-order valence-corrected chi connectivity index (χ1v) is 9.74. The molecule has 0 saturated carbocycles. The maximum Gasteiger partial charge on any atom is 0.291 e. The second-order valence-corrected chi connectivity index (χ2v) is 7.51. The van der Waals surface area contributed by atoms with Gasteiger partial charge in [0.1, 0.15) is 5.75 Å². The molecule has 2 aromatic heterocycles. The van der Waals surface area contributed by atoms with Gasteiger partial charge in [-0.15, -0.1) is 5.10 Å². The van der Waals surface area contributed by atoms with Crippen molar-refractivity contribution >= 4 is 44.4 Å². The third-order valence-corrected chi connectivity index (χ3v) is 5.63. The lowest BCUT2D eigenvalue weighted by Crippen LogP contribution is -2.23. The van der Waals surface area contributed by atoms with Crippen molar-refractivity contribution in [1.82, 2.24) is 14.6 Å². The van der Waals surface area contributed by atoms with Crippen molar-refractivity contribution in [1.29, 1.82) is 0 Å². The van der Waals surface area contributed by atoms with Crippen LogP contribution in [0.25, 0.3) is 28.5 Å². The summed E-state index contributed by atoms with van der Waals surface area (Å²) >= 11 is 4.80. The van der Waals surface area contributed by atoms with E-state index < -0.39 is 0 Å². The van der Waals surface area contributed by atoms with Crippen LogP contribution in [0, 0.1) is 0 Å². The average molecular weight is 440 g/mol. The number of hydrogen-bond acceptors (Lipinski definition) is 5. The number of hydrogen-bond donors (Lipinski definition) is 0. The molecule has 0 unspecified atom stereocenters. The van der Waals surface area contributed by atoms with Crippen molar-refractivity contribution < 1.29 is 4.74 Å². The molecule has 27 heavy (non-hydrogen) atoms. The number of ether oxygens (including phenoxy) is 1. The molecule has 0 spiro atoms. The van der Waals surface area contributed by atoms with Gasteiger partial charge in [-0.1, -0.05) is 69.8 Å². The maximum absolute atomic E-state index is 12.6. The number of benzene rings is 2. The van der Waals surface area contributed by atoms with Gasteiger partial charge in [-0.2, -0.15) is 9.50 Å². The molecule has 0 aliphatic rings. The van der Waals surface area contributed by atoms with E-state index in [0.717, 1.165) is 21.3 Å². The zero-order chi connectivity index (χ0) is 18.8. The Kier molecular flexibility index (Phi) is 4.87. The first-order chi connectivity index (χ1) is 13.2. The minimum atomic E-state index is -0.175. The topological polar surface area (TPSA) is 56.5 Å². The van der Waals surface area contributed by atoms with Gasteiger partial charge in [-0.25, -0.2) is 0 Å². The fraction of sp³-hybridized carbons (Fsp3) is 0.0500. The molecule has 0 fully saturated rings. The van der Waals surface area contributed by atoms with Crippen molar-refractivity contribution in [2.45, 2.75) is 0 Å². The van der Waals surface area contributed by atoms with Gasteiger partial charge in [0, 0.05) is 15.6 Å². The molecule has 0 radical (unpaired) electrons. The van der Waals surface area contributed by atoms with Crippen LogP contribution in [0.3, 0.4) is 0 Å². The Morgan fingerprint density at radius 3 is 2.70 bits per heavy atom. The van der Waals surface area contributed by atoms with Gasteiger partial charge >= 0.3 is 0 Å². The number of fused-ring (bicyclic) bond motifs is 1. The minimum absolute atomic E-state index is 0.175. The van der Waals surface area contributed by atoms with Crippen LogP contribution in [0.5, 0.6) is 5.75 Å². The lowest BCUT2D eigenvalue weighted by molar-refractivity contribution is 0.414. The summed E-state index contributed by atoms with van der Waals surface area (Å²) in [6.45, 7) is 0. The normalized spacial score (nSPS) is 12.3. The summed E-state index contributed by atoms with van der Waals surface area (Å²) in [7, 11) is 1.63. The van der Waals surface area contributed by atoms with Crippen LogP contribution < -0.4 is 14.8 Å². The third-order valence-electron chi connectivity index (χ3n) is 3.96. The first-order valence-electron chi connectivity index (χ1n) is 8.13. The number of thiazole rings is 1. The molecule has 0 aliphatic heterocycles. The second-order valence-electron chi connectivity index (χ2n) is 5.65. The Morgan fingerprint density at radius 2 is 1.93 bits per heavy atom. The van der Waals surface area contributed by atoms with Crippen LogP contribution in [0.4, 0.5) is 0 Å². The molecule has 4 rings (SSSR count). The van der Waals surface area contributed by atoms with E-state index >= 15 is 0 Å². The van der Waals surface area contributed by atoms with E-state index in [0.29, 0.717) is 15.3 Å². The summed E-state index contributed by atoms with van der Waals surface area (Å²) in [5.41, 5.74) is 1.62. The SMILES string of the molecule is COc1ccccc1/C=C/C=c1\sc2nc(-c3ccccc3Br)nn2c1=O. The molecule has 0 saturated heterocycles. The fourth-order valence-corrected chi connectivity index (χ4v) is 3.97. The molecule has 0 atom stereocenters. The molecule has 0 N–H and O–H groups in total. The number of nitrogens with zero attached hydrogens (tertiary/aromatic N) is 3. The minimum Gasteiger partial charge on any atom is -0.496 e. The summed E-state index contributed by atoms with van der Waals surface area (Å²) in [6.07, 6.45) is 5.51. The summed E-state index contributed by atoms with van der Waals surface area (Å²) in [4.78, 5) is 17.7. The van der Waals surface area contributed by atoms with E-state index in [2.05, 4.69) is 26.0 Å². The van der Waals surface area contributed by atoms with Crippen LogP contribution >= 0.6 is 27.3 Å². The number of methoxy groups -OCH3 is 1. The van der Waals surface area contributed by atoms with Crippen LogP contribution in [-0.4, -0.2) is 21.7 Å². The molecule has 0 amide bonds. The van der Waals surface area contributed by atoms with E-state index in [4.69, 9.17) is 4.74 Å². The summed E-state index contributed by atoms with van der Waals surface area (Å²) in [5.74, 6) is 1.31. The zero-order valence-corrected chi connectivity index (χ0v) is 16.7. The van der Waals surface area contributed by atoms with Gasteiger partial charge in [0.2, 0.25) is 4.96 Å². The van der Waals surface area contributed by atoms with Gasteiger partial charge < -0.3 is 4.74 Å². The Bertz CT molecular complexity index is 1260. The third kappa shape index (κ3) is 3.43. The molecule has 0 bridgehead atoms. The van der Waals surface area contributed by atoms with E-state index in [9.17, 15) is 4.79 Å². The second kappa shape index (κ2) is 7.46. The van der Waals surface area contributed by atoms with Crippen molar-refractivity contribution in [2.75, 3.05) is 7.11 Å². The number of halogens is 1. The van der Waals surface area contributed by atoms with Gasteiger partial charge in [0.05, 0.1) is 11.6 Å². The largest absolute Gasteiger partial charge is 0.496 e. The van der Waals surface area contributed by atoms with E-state index in [1.807, 2.05) is 60.7 Å². The molecule has 2 aromatic carbocycles. The molecular weight excluding hydrogens is 426 g/mol. The van der Waals surface area contributed by atoms with E-state index in [-0.39, 0.29) is 5.56 Å². The number of rotatable bonds is 4. The maximum atomic E-state index is 12.6. The molecule has 2 heterocycles. The predicted octanol–water partition coefficient (Wildman–Crippen LogP) is 3.80. The Hall–Kier alpha value is -2.77. The van der Waals surface area contributed by atoms with Crippen molar-refractivity contribution in [2.24, 2.45) is 0 Å². The number of aromatic nitrogens is 3. The summed E-state index contributed by atoms with van der Waals surface area (Å²) in [5, 5.41) is 4.37. The Balaban J connectivity index is 1.70. The summed E-state index contributed by atoms with van der Waals surface area (Å²) in [6, 6.07) is 15.4. The van der Waals surface area contributed by atoms with Gasteiger partial charge in [-0.3, -0.25) is 4.79 Å². The molecular formula is C20H14BrN3O2S. The molecule has 134 valence electrons. The first kappa shape index (κ1) is 17.6. The Labute approximate surface area is 167 Å². The fourth-order valence-electron chi connectivity index (χ4n) is 2.65. The number of allylic oxidation sites excluding steroid dienone is 1. The van der Waals surface area contributed by atoms with Crippen LogP contribution in [0.2, 0.25) is 0 Å². The smallest absolute Gasteiger partial charge is 0.291 e. The highest BCUT2D eigenvalue weighted by Gasteiger charge is 2.13. The van der Waals surface area contributed by atoms with Gasteiger partial charge in [0.15, 0.2) is 5.82 Å². The van der Waals surface area contributed by atoms with E-state index in [1.54, 1.807) is 13.2 Å². The molecule has 5 nitrogen and oxygen atoms in total. The van der Waals surface area contributed by atoms with Gasteiger partial charge in [0.25, 0.3) is 5.56 Å². The highest BCUT2D eigenvalue weighted by atomic mass is 79.9.